The molecule has 0 bridgehead atoms. The zero-order valence-electron chi connectivity index (χ0n) is 13.7. The zero-order valence-corrected chi connectivity index (χ0v) is 13.7. The highest BCUT2D eigenvalue weighted by molar-refractivity contribution is 5.86. The highest BCUT2D eigenvalue weighted by Crippen LogP contribution is 2.25. The lowest BCUT2D eigenvalue weighted by molar-refractivity contribution is -0.384. The molecule has 130 valence electrons. The van der Waals surface area contributed by atoms with Crippen LogP contribution in [0.15, 0.2) is 77.8 Å². The van der Waals surface area contributed by atoms with Gasteiger partial charge in [-0.05, 0) is 35.9 Å². The number of ether oxygens (including phenoxy) is 1. The lowest BCUT2D eigenvalue weighted by atomic mass is 10.2. The van der Waals surface area contributed by atoms with E-state index in [1.165, 1.54) is 30.5 Å². The molecular formula is C20H15FN2O3. The van der Waals surface area contributed by atoms with E-state index in [-0.39, 0.29) is 18.1 Å². The number of halogens is 1. The molecule has 5 nitrogen and oxygen atoms in total. The van der Waals surface area contributed by atoms with Gasteiger partial charge in [0.1, 0.15) is 18.2 Å². The molecule has 0 radical (unpaired) electrons. The highest BCUT2D eigenvalue weighted by Gasteiger charge is 2.11. The maximum absolute atomic E-state index is 13.0. The molecule has 6 heteroatoms. The summed E-state index contributed by atoms with van der Waals surface area (Å²) in [4.78, 5) is 14.8. The summed E-state index contributed by atoms with van der Waals surface area (Å²) in [6.07, 6.45) is 1.54. The molecule has 0 saturated carbocycles. The molecule has 26 heavy (non-hydrogen) atoms. The van der Waals surface area contributed by atoms with E-state index < -0.39 is 4.92 Å². The van der Waals surface area contributed by atoms with Crippen LogP contribution in [0.1, 0.15) is 11.1 Å². The standard InChI is InChI=1S/C20H15FN2O3/c21-17-7-9-18(10-8-17)22-13-16-6-11-19(23(24)25)12-20(16)26-14-15-4-2-1-3-5-15/h1-13H,14H2/b22-13+. The normalized spacial score (nSPS) is 10.8. The monoisotopic (exact) mass is 350 g/mol. The fraction of sp³-hybridized carbons (Fsp3) is 0.0500. The Kier molecular flexibility index (Phi) is 5.34. The van der Waals surface area contributed by atoms with E-state index in [9.17, 15) is 14.5 Å². The molecule has 0 aliphatic rings. The van der Waals surface area contributed by atoms with Gasteiger partial charge in [-0.1, -0.05) is 30.3 Å². The molecule has 3 aromatic carbocycles. The van der Waals surface area contributed by atoms with E-state index in [1.54, 1.807) is 18.2 Å². The van der Waals surface area contributed by atoms with Crippen molar-refractivity contribution in [3.05, 3.63) is 99.9 Å². The minimum Gasteiger partial charge on any atom is -0.488 e. The van der Waals surface area contributed by atoms with Gasteiger partial charge < -0.3 is 4.74 Å². The van der Waals surface area contributed by atoms with Crippen LogP contribution in [0.2, 0.25) is 0 Å². The van der Waals surface area contributed by atoms with Crippen molar-refractivity contribution in [2.75, 3.05) is 0 Å². The Morgan fingerprint density at radius 3 is 2.46 bits per heavy atom. The second kappa shape index (κ2) is 8.02. The average molecular weight is 350 g/mol. The molecule has 0 aliphatic heterocycles. The summed E-state index contributed by atoms with van der Waals surface area (Å²) < 4.78 is 18.7. The van der Waals surface area contributed by atoms with Gasteiger partial charge >= 0.3 is 0 Å². The molecule has 0 N–H and O–H groups in total. The summed E-state index contributed by atoms with van der Waals surface area (Å²) in [7, 11) is 0. The molecule has 0 atom stereocenters. The van der Waals surface area contributed by atoms with E-state index in [2.05, 4.69) is 4.99 Å². The Bertz CT molecular complexity index is 926. The highest BCUT2D eigenvalue weighted by atomic mass is 19.1. The number of nitro benzene ring substituents is 1. The molecular weight excluding hydrogens is 335 g/mol. The number of hydrogen-bond acceptors (Lipinski definition) is 4. The van der Waals surface area contributed by atoms with Crippen LogP contribution in [0.5, 0.6) is 5.75 Å². The second-order valence-electron chi connectivity index (χ2n) is 5.49. The lowest BCUT2D eigenvalue weighted by Crippen LogP contribution is -1.99. The molecule has 0 aliphatic carbocycles. The van der Waals surface area contributed by atoms with E-state index in [0.717, 1.165) is 5.56 Å². The first-order valence-corrected chi connectivity index (χ1v) is 7.86. The number of nitro groups is 1. The maximum Gasteiger partial charge on any atom is 0.273 e. The van der Waals surface area contributed by atoms with Crippen LogP contribution in [0.4, 0.5) is 15.8 Å². The quantitative estimate of drug-likeness (QED) is 0.354. The molecule has 0 heterocycles. The minimum absolute atomic E-state index is 0.0630. The fourth-order valence-electron chi connectivity index (χ4n) is 2.27. The third kappa shape index (κ3) is 4.51. The molecule has 0 fully saturated rings. The molecule has 0 aromatic heterocycles. The number of nitrogens with zero attached hydrogens (tertiary/aromatic N) is 2. The lowest BCUT2D eigenvalue weighted by Gasteiger charge is -2.09. The van der Waals surface area contributed by atoms with Gasteiger partial charge in [0.2, 0.25) is 0 Å². The van der Waals surface area contributed by atoms with Crippen molar-refractivity contribution in [3.63, 3.8) is 0 Å². The largest absolute Gasteiger partial charge is 0.488 e. The molecule has 0 saturated heterocycles. The Balaban J connectivity index is 1.85. The minimum atomic E-state index is -0.476. The van der Waals surface area contributed by atoms with Gasteiger partial charge in [0.25, 0.3) is 5.69 Å². The van der Waals surface area contributed by atoms with E-state index in [0.29, 0.717) is 17.0 Å². The molecule has 0 amide bonds. The summed E-state index contributed by atoms with van der Waals surface area (Å²) in [6, 6.07) is 19.5. The molecule has 3 aromatic rings. The van der Waals surface area contributed by atoms with Crippen molar-refractivity contribution in [1.29, 1.82) is 0 Å². The van der Waals surface area contributed by atoms with Gasteiger partial charge in [-0.2, -0.15) is 0 Å². The third-order valence-corrected chi connectivity index (χ3v) is 3.62. The van der Waals surface area contributed by atoms with Gasteiger partial charge in [-0.25, -0.2) is 4.39 Å². The van der Waals surface area contributed by atoms with Crippen LogP contribution in [0.25, 0.3) is 0 Å². The van der Waals surface area contributed by atoms with E-state index in [4.69, 9.17) is 4.74 Å². The van der Waals surface area contributed by atoms with Crippen molar-refractivity contribution >= 4 is 17.6 Å². The van der Waals surface area contributed by atoms with E-state index >= 15 is 0 Å². The smallest absolute Gasteiger partial charge is 0.273 e. The van der Waals surface area contributed by atoms with Crippen LogP contribution < -0.4 is 4.74 Å². The first kappa shape index (κ1) is 17.3. The van der Waals surface area contributed by atoms with Crippen LogP contribution in [0.3, 0.4) is 0 Å². The Morgan fingerprint density at radius 1 is 1.04 bits per heavy atom. The Morgan fingerprint density at radius 2 is 1.77 bits per heavy atom. The van der Waals surface area contributed by atoms with Crippen molar-refractivity contribution < 1.29 is 14.1 Å². The maximum atomic E-state index is 13.0. The zero-order chi connectivity index (χ0) is 18.4. The van der Waals surface area contributed by atoms with Gasteiger partial charge in [-0.3, -0.25) is 15.1 Å². The predicted molar refractivity (Wildman–Crippen MR) is 97.5 cm³/mol. The third-order valence-electron chi connectivity index (χ3n) is 3.62. The number of rotatable bonds is 6. The summed E-state index contributed by atoms with van der Waals surface area (Å²) in [5.41, 5.74) is 2.04. The van der Waals surface area contributed by atoms with Gasteiger partial charge in [0.15, 0.2) is 0 Å². The van der Waals surface area contributed by atoms with Crippen molar-refractivity contribution in [2.24, 2.45) is 4.99 Å². The van der Waals surface area contributed by atoms with Crippen LogP contribution in [0, 0.1) is 15.9 Å². The number of benzene rings is 3. The predicted octanol–water partition coefficient (Wildman–Crippen LogP) is 5.06. The molecule has 0 unspecified atom stereocenters. The summed E-state index contributed by atoms with van der Waals surface area (Å²) in [6.45, 7) is 0.277. The van der Waals surface area contributed by atoms with Crippen LogP contribution in [-0.2, 0) is 6.61 Å². The molecule has 3 rings (SSSR count). The van der Waals surface area contributed by atoms with Gasteiger partial charge in [0.05, 0.1) is 16.7 Å². The van der Waals surface area contributed by atoms with Crippen molar-refractivity contribution in [3.8, 4) is 5.75 Å². The fourth-order valence-corrected chi connectivity index (χ4v) is 2.27. The summed E-state index contributed by atoms with van der Waals surface area (Å²) in [5.74, 6) is 0.0140. The van der Waals surface area contributed by atoms with Crippen molar-refractivity contribution in [2.45, 2.75) is 6.61 Å². The summed E-state index contributed by atoms with van der Waals surface area (Å²) in [5, 5.41) is 11.0. The Labute approximate surface area is 149 Å². The van der Waals surface area contributed by atoms with Crippen LogP contribution >= 0.6 is 0 Å². The number of hydrogen-bond donors (Lipinski definition) is 0. The van der Waals surface area contributed by atoms with Crippen LogP contribution in [-0.4, -0.2) is 11.1 Å². The number of non-ortho nitro benzene ring substituents is 1. The Hall–Kier alpha value is -3.54. The van der Waals surface area contributed by atoms with Gasteiger partial charge in [-0.15, -0.1) is 0 Å². The molecule has 0 spiro atoms. The van der Waals surface area contributed by atoms with Crippen molar-refractivity contribution in [1.82, 2.24) is 0 Å². The average Bonchev–Trinajstić information content (AvgIpc) is 2.67. The second-order valence-corrected chi connectivity index (χ2v) is 5.49. The van der Waals surface area contributed by atoms with E-state index in [1.807, 2.05) is 30.3 Å². The topological polar surface area (TPSA) is 64.7 Å². The number of aliphatic imine (C=N–C) groups is 1. The first-order valence-electron chi connectivity index (χ1n) is 7.86. The van der Waals surface area contributed by atoms with Gasteiger partial charge in [0, 0.05) is 17.8 Å². The first-order chi connectivity index (χ1) is 12.6. The summed E-state index contributed by atoms with van der Waals surface area (Å²) >= 11 is 0. The SMILES string of the molecule is O=[N+]([O-])c1ccc(/C=N/c2ccc(F)cc2)c(OCc2ccccc2)c1.